The van der Waals surface area contributed by atoms with Gasteiger partial charge in [-0.05, 0) is 48.9 Å². The zero-order chi connectivity index (χ0) is 20.9. The third-order valence-corrected chi connectivity index (χ3v) is 7.15. The Labute approximate surface area is 174 Å². The number of hydrogen-bond acceptors (Lipinski definition) is 5. The predicted molar refractivity (Wildman–Crippen MR) is 115 cm³/mol. The van der Waals surface area contributed by atoms with Crippen LogP contribution < -0.4 is 9.04 Å². The van der Waals surface area contributed by atoms with E-state index in [2.05, 4.69) is 9.97 Å². The first-order chi connectivity index (χ1) is 14.4. The van der Waals surface area contributed by atoms with E-state index in [1.165, 1.54) is 4.31 Å². The second-order valence-electron chi connectivity index (χ2n) is 7.27. The van der Waals surface area contributed by atoms with Crippen LogP contribution in [0, 0.1) is 6.92 Å². The maximum atomic E-state index is 13.5. The highest BCUT2D eigenvalue weighted by Gasteiger charge is 2.30. The minimum atomic E-state index is -3.75. The summed E-state index contributed by atoms with van der Waals surface area (Å²) in [4.78, 5) is 8.74. The van der Waals surface area contributed by atoms with Gasteiger partial charge in [0.05, 0.1) is 17.1 Å². The molecule has 4 aromatic rings. The number of aryl methyl sites for hydroxylation is 2. The maximum absolute atomic E-state index is 13.5. The second kappa shape index (κ2) is 6.84. The molecule has 0 N–H and O–H groups in total. The summed E-state index contributed by atoms with van der Waals surface area (Å²) in [6, 6.07) is 12.6. The molecule has 5 rings (SSSR count). The molecule has 7 nitrogen and oxygen atoms in total. The molecule has 30 heavy (non-hydrogen) atoms. The van der Waals surface area contributed by atoms with Crippen LogP contribution in [-0.4, -0.2) is 36.1 Å². The number of hydrogen-bond donors (Lipinski definition) is 0. The highest BCUT2D eigenvalue weighted by atomic mass is 32.2. The third-order valence-electron chi connectivity index (χ3n) is 5.34. The Morgan fingerprint density at radius 1 is 1.00 bits per heavy atom. The summed E-state index contributed by atoms with van der Waals surface area (Å²) in [6.45, 7) is 2.37. The van der Waals surface area contributed by atoms with Gasteiger partial charge in [-0.2, -0.15) is 0 Å². The molecule has 1 aliphatic heterocycles. The summed E-state index contributed by atoms with van der Waals surface area (Å²) in [7, 11) is -1.81. The molecule has 0 unspecified atom stereocenters. The molecule has 0 aliphatic carbocycles. The lowest BCUT2D eigenvalue weighted by Crippen LogP contribution is -2.37. The van der Waals surface area contributed by atoms with E-state index in [0.717, 1.165) is 22.0 Å². The van der Waals surface area contributed by atoms with Crippen molar-refractivity contribution in [2.75, 3.05) is 17.5 Å². The van der Waals surface area contributed by atoms with Crippen LogP contribution in [0.3, 0.4) is 0 Å². The molecule has 0 fully saturated rings. The fraction of sp³-hybridized carbons (Fsp3) is 0.182. The molecule has 0 saturated heterocycles. The molecule has 2 aromatic heterocycles. The minimum absolute atomic E-state index is 0.246. The molecule has 3 heterocycles. The van der Waals surface area contributed by atoms with Crippen molar-refractivity contribution >= 4 is 26.6 Å². The van der Waals surface area contributed by atoms with E-state index in [4.69, 9.17) is 4.74 Å². The Hall–Kier alpha value is -3.39. The Kier molecular flexibility index (Phi) is 4.25. The zero-order valence-corrected chi connectivity index (χ0v) is 17.4. The molecular formula is C22H20N4O3S. The van der Waals surface area contributed by atoms with Crippen LogP contribution in [0.4, 0.5) is 5.69 Å². The van der Waals surface area contributed by atoms with Gasteiger partial charge in [-0.25, -0.2) is 18.4 Å². The monoisotopic (exact) mass is 420 g/mol. The van der Waals surface area contributed by atoms with Crippen LogP contribution in [0.15, 0.2) is 66.0 Å². The lowest BCUT2D eigenvalue weighted by molar-refractivity contribution is 0.316. The quantitative estimate of drug-likeness (QED) is 0.507. The van der Waals surface area contributed by atoms with Crippen LogP contribution in [0.25, 0.3) is 22.0 Å². The van der Waals surface area contributed by atoms with Crippen molar-refractivity contribution in [3.8, 4) is 16.9 Å². The zero-order valence-electron chi connectivity index (χ0n) is 16.6. The van der Waals surface area contributed by atoms with Crippen LogP contribution in [0.1, 0.15) is 5.82 Å². The van der Waals surface area contributed by atoms with E-state index >= 15 is 0 Å². The molecule has 0 radical (unpaired) electrons. The van der Waals surface area contributed by atoms with Gasteiger partial charge in [-0.15, -0.1) is 0 Å². The van der Waals surface area contributed by atoms with E-state index in [1.807, 2.05) is 49.0 Å². The molecule has 152 valence electrons. The van der Waals surface area contributed by atoms with Crippen LogP contribution in [0.5, 0.6) is 5.75 Å². The molecule has 8 heteroatoms. The number of anilines is 1. The predicted octanol–water partition coefficient (Wildman–Crippen LogP) is 3.53. The standard InChI is InChI=1S/C22H20N4O3S/c1-15-23-13-18(14-24-15)16-3-6-22-21(12-16)26(9-10-29-22)30(27,28)19-4-5-20-17(11-19)7-8-25(20)2/h3-8,11-14H,9-10H2,1-2H3. The van der Waals surface area contributed by atoms with Gasteiger partial charge in [0.25, 0.3) is 10.0 Å². The smallest absolute Gasteiger partial charge is 0.264 e. The largest absolute Gasteiger partial charge is 0.489 e. The average Bonchev–Trinajstić information content (AvgIpc) is 3.13. The Bertz CT molecular complexity index is 1360. The molecule has 0 amide bonds. The van der Waals surface area contributed by atoms with Crippen molar-refractivity contribution in [1.29, 1.82) is 0 Å². The number of aromatic nitrogens is 3. The Balaban J connectivity index is 1.59. The Morgan fingerprint density at radius 3 is 2.60 bits per heavy atom. The SMILES string of the molecule is Cc1ncc(-c2ccc3c(c2)N(S(=O)(=O)c2ccc4c(ccn4C)c2)CCO3)cn1. The number of fused-ring (bicyclic) bond motifs is 2. The maximum Gasteiger partial charge on any atom is 0.264 e. The fourth-order valence-corrected chi connectivity index (χ4v) is 5.20. The van der Waals surface area contributed by atoms with Crippen LogP contribution >= 0.6 is 0 Å². The number of rotatable bonds is 3. The average molecular weight is 420 g/mol. The lowest BCUT2D eigenvalue weighted by atomic mass is 10.1. The van der Waals surface area contributed by atoms with Gasteiger partial charge in [0.15, 0.2) is 0 Å². The van der Waals surface area contributed by atoms with Crippen molar-refractivity contribution in [1.82, 2.24) is 14.5 Å². The van der Waals surface area contributed by atoms with Gasteiger partial charge in [-0.3, -0.25) is 4.31 Å². The third kappa shape index (κ3) is 3.00. The first kappa shape index (κ1) is 18.6. The van der Waals surface area contributed by atoms with Crippen molar-refractivity contribution in [3.05, 3.63) is 66.9 Å². The van der Waals surface area contributed by atoms with E-state index in [9.17, 15) is 8.42 Å². The summed E-state index contributed by atoms with van der Waals surface area (Å²) in [5.41, 5.74) is 3.15. The van der Waals surface area contributed by atoms with Gasteiger partial charge in [-0.1, -0.05) is 6.07 Å². The molecule has 0 spiro atoms. The lowest BCUT2D eigenvalue weighted by Gasteiger charge is -2.31. The molecule has 0 atom stereocenters. The minimum Gasteiger partial charge on any atom is -0.489 e. The number of benzene rings is 2. The van der Waals surface area contributed by atoms with E-state index in [-0.39, 0.29) is 11.4 Å². The van der Waals surface area contributed by atoms with Gasteiger partial charge in [0.1, 0.15) is 18.2 Å². The van der Waals surface area contributed by atoms with Gasteiger partial charge in [0.2, 0.25) is 0 Å². The van der Waals surface area contributed by atoms with Crippen LogP contribution in [0.2, 0.25) is 0 Å². The van der Waals surface area contributed by atoms with E-state index in [1.54, 1.807) is 30.6 Å². The highest BCUT2D eigenvalue weighted by Crippen LogP contribution is 2.38. The fourth-order valence-electron chi connectivity index (χ4n) is 3.71. The highest BCUT2D eigenvalue weighted by molar-refractivity contribution is 7.92. The van der Waals surface area contributed by atoms with Crippen molar-refractivity contribution in [2.45, 2.75) is 11.8 Å². The summed E-state index contributed by atoms with van der Waals surface area (Å²) in [5, 5.41) is 0.887. The summed E-state index contributed by atoms with van der Waals surface area (Å²) >= 11 is 0. The topological polar surface area (TPSA) is 77.3 Å². The summed E-state index contributed by atoms with van der Waals surface area (Å²) in [5.74, 6) is 1.22. The first-order valence-electron chi connectivity index (χ1n) is 9.57. The first-order valence-corrected chi connectivity index (χ1v) is 11.0. The normalized spacial score (nSPS) is 13.9. The van der Waals surface area contributed by atoms with Crippen molar-refractivity contribution in [2.24, 2.45) is 7.05 Å². The summed E-state index contributed by atoms with van der Waals surface area (Å²) in [6.07, 6.45) is 5.38. The van der Waals surface area contributed by atoms with Gasteiger partial charge < -0.3 is 9.30 Å². The molecular weight excluding hydrogens is 400 g/mol. The van der Waals surface area contributed by atoms with Gasteiger partial charge in [0, 0.05) is 42.1 Å². The van der Waals surface area contributed by atoms with E-state index < -0.39 is 10.0 Å². The molecule has 1 aliphatic rings. The van der Waals surface area contributed by atoms with Gasteiger partial charge >= 0.3 is 0 Å². The van der Waals surface area contributed by atoms with Crippen molar-refractivity contribution < 1.29 is 13.2 Å². The van der Waals surface area contributed by atoms with E-state index in [0.29, 0.717) is 23.9 Å². The molecule has 0 saturated carbocycles. The Morgan fingerprint density at radius 2 is 1.80 bits per heavy atom. The molecule has 2 aromatic carbocycles. The number of sulfonamides is 1. The number of ether oxygens (including phenoxy) is 1. The number of nitrogens with zero attached hydrogens (tertiary/aromatic N) is 4. The second-order valence-corrected chi connectivity index (χ2v) is 9.14. The van der Waals surface area contributed by atoms with Crippen molar-refractivity contribution in [3.63, 3.8) is 0 Å². The van der Waals surface area contributed by atoms with Crippen LogP contribution in [-0.2, 0) is 17.1 Å². The molecule has 0 bridgehead atoms. The summed E-state index contributed by atoms with van der Waals surface area (Å²) < 4.78 is 36.2.